The first-order valence-electron chi connectivity index (χ1n) is 9.05. The number of aromatic nitrogens is 3. The van der Waals surface area contributed by atoms with Gasteiger partial charge >= 0.3 is 0 Å². The Morgan fingerprint density at radius 3 is 2.62 bits per heavy atom. The largest absolute Gasteiger partial charge is 0.306 e. The normalized spacial score (nSPS) is 10.6. The Hall–Kier alpha value is -3.39. The van der Waals surface area contributed by atoms with Crippen LogP contribution in [0.25, 0.3) is 11.3 Å². The lowest BCUT2D eigenvalue weighted by molar-refractivity contribution is -0.115. The van der Waals surface area contributed by atoms with Gasteiger partial charge in [-0.05, 0) is 23.6 Å². The number of benzene rings is 1. The van der Waals surface area contributed by atoms with E-state index in [0.717, 1.165) is 16.0 Å². The van der Waals surface area contributed by atoms with E-state index in [0.29, 0.717) is 22.6 Å². The molecular formula is C21H21N5O2S. The highest BCUT2D eigenvalue weighted by Gasteiger charge is 2.10. The van der Waals surface area contributed by atoms with Crippen molar-refractivity contribution < 1.29 is 9.59 Å². The Morgan fingerprint density at radius 2 is 1.97 bits per heavy atom. The number of nitrogens with one attached hydrogen (secondary N) is 2. The second-order valence-electron chi connectivity index (χ2n) is 6.63. The maximum atomic E-state index is 12.4. The first-order valence-corrected chi connectivity index (χ1v) is 9.86. The van der Waals surface area contributed by atoms with Gasteiger partial charge in [-0.25, -0.2) is 9.97 Å². The van der Waals surface area contributed by atoms with Crippen LogP contribution in [0.1, 0.15) is 30.2 Å². The zero-order chi connectivity index (χ0) is 20.8. The Bertz CT molecular complexity index is 1030. The molecule has 0 saturated heterocycles. The van der Waals surface area contributed by atoms with Gasteiger partial charge < -0.3 is 10.6 Å². The molecule has 0 unspecified atom stereocenters. The number of hydrogen-bond donors (Lipinski definition) is 2. The summed E-state index contributed by atoms with van der Waals surface area (Å²) in [5, 5.41) is 6.01. The van der Waals surface area contributed by atoms with Gasteiger partial charge in [0.05, 0.1) is 24.5 Å². The van der Waals surface area contributed by atoms with Crippen molar-refractivity contribution in [3.05, 3.63) is 66.0 Å². The van der Waals surface area contributed by atoms with E-state index < -0.39 is 0 Å². The first kappa shape index (κ1) is 20.3. The van der Waals surface area contributed by atoms with Crippen LogP contribution in [0.15, 0.2) is 55.5 Å². The molecule has 0 saturated carbocycles. The molecule has 0 atom stereocenters. The Morgan fingerprint density at radius 1 is 1.14 bits per heavy atom. The number of hydrogen-bond acceptors (Lipinski definition) is 6. The molecule has 0 spiro atoms. The molecule has 2 heterocycles. The summed E-state index contributed by atoms with van der Waals surface area (Å²) in [7, 11) is 0. The van der Waals surface area contributed by atoms with E-state index in [9.17, 15) is 9.59 Å². The highest BCUT2D eigenvalue weighted by atomic mass is 32.1. The number of amides is 2. The zero-order valence-electron chi connectivity index (χ0n) is 16.2. The van der Waals surface area contributed by atoms with Gasteiger partial charge in [-0.3, -0.25) is 14.6 Å². The third-order valence-electron chi connectivity index (χ3n) is 4.01. The summed E-state index contributed by atoms with van der Waals surface area (Å²) >= 11 is 1.49. The van der Waals surface area contributed by atoms with Gasteiger partial charge in [-0.2, -0.15) is 0 Å². The van der Waals surface area contributed by atoms with Crippen molar-refractivity contribution in [2.75, 3.05) is 10.6 Å². The molecule has 2 amide bonds. The molecule has 1 aromatic carbocycles. The minimum atomic E-state index is -0.346. The molecule has 7 nitrogen and oxygen atoms in total. The molecule has 29 heavy (non-hydrogen) atoms. The minimum absolute atomic E-state index is 0.125. The molecule has 3 rings (SSSR count). The third-order valence-corrected chi connectivity index (χ3v) is 5.23. The predicted octanol–water partition coefficient (Wildman–Crippen LogP) is 4.03. The molecular weight excluding hydrogens is 386 g/mol. The van der Waals surface area contributed by atoms with Crippen LogP contribution in [0, 0.1) is 0 Å². The summed E-state index contributed by atoms with van der Waals surface area (Å²) in [6, 6.07) is 7.54. The fourth-order valence-electron chi connectivity index (χ4n) is 2.52. The van der Waals surface area contributed by atoms with E-state index in [1.165, 1.54) is 23.6 Å². The number of nitrogens with zero attached hydrogens (tertiary/aromatic N) is 3. The molecule has 0 bridgehead atoms. The van der Waals surface area contributed by atoms with Crippen molar-refractivity contribution >= 4 is 34.1 Å². The average Bonchev–Trinajstić information content (AvgIpc) is 3.17. The summed E-state index contributed by atoms with van der Waals surface area (Å²) in [6.45, 7) is 7.58. The van der Waals surface area contributed by atoms with Gasteiger partial charge in [0, 0.05) is 16.6 Å². The van der Waals surface area contributed by atoms with Crippen molar-refractivity contribution in [2.45, 2.75) is 26.2 Å². The standard InChI is InChI=1S/C21H21N5O2S/c1-4-19(27)25-18-12-22-16(10-23-18)15-7-5-6-14(8-15)9-20(28)26-21-24-11-17(29-21)13(2)3/h4-8,10-13H,1,9H2,2-3H3,(H,23,25,27)(H,24,26,28). The van der Waals surface area contributed by atoms with Crippen LogP contribution in [0.4, 0.5) is 10.9 Å². The highest BCUT2D eigenvalue weighted by Crippen LogP contribution is 2.25. The van der Waals surface area contributed by atoms with Gasteiger partial charge in [0.15, 0.2) is 10.9 Å². The van der Waals surface area contributed by atoms with Gasteiger partial charge in [0.2, 0.25) is 11.8 Å². The molecule has 0 aliphatic rings. The molecule has 0 aliphatic heterocycles. The molecule has 8 heteroatoms. The molecule has 0 aliphatic carbocycles. The van der Waals surface area contributed by atoms with E-state index >= 15 is 0 Å². The van der Waals surface area contributed by atoms with E-state index in [-0.39, 0.29) is 18.2 Å². The van der Waals surface area contributed by atoms with Gasteiger partial charge in [-0.1, -0.05) is 38.6 Å². The Balaban J connectivity index is 1.66. The highest BCUT2D eigenvalue weighted by molar-refractivity contribution is 7.15. The molecule has 3 aromatic rings. The lowest BCUT2D eigenvalue weighted by Gasteiger charge is -2.06. The fourth-order valence-corrected chi connectivity index (χ4v) is 3.35. The van der Waals surface area contributed by atoms with Crippen molar-refractivity contribution in [2.24, 2.45) is 0 Å². The quantitative estimate of drug-likeness (QED) is 0.577. The number of thiazole rings is 1. The third kappa shape index (κ3) is 5.55. The van der Waals surface area contributed by atoms with Gasteiger partial charge in [-0.15, -0.1) is 11.3 Å². The zero-order valence-corrected chi connectivity index (χ0v) is 17.0. The van der Waals surface area contributed by atoms with Crippen LogP contribution in [0.5, 0.6) is 0 Å². The van der Waals surface area contributed by atoms with Gasteiger partial charge in [0.1, 0.15) is 0 Å². The van der Waals surface area contributed by atoms with Crippen LogP contribution in [0.3, 0.4) is 0 Å². The van der Waals surface area contributed by atoms with Crippen LogP contribution >= 0.6 is 11.3 Å². The van der Waals surface area contributed by atoms with Crippen molar-refractivity contribution in [3.8, 4) is 11.3 Å². The van der Waals surface area contributed by atoms with Gasteiger partial charge in [0.25, 0.3) is 0 Å². The van der Waals surface area contributed by atoms with Crippen molar-refractivity contribution in [1.82, 2.24) is 15.0 Å². The fraction of sp³-hybridized carbons (Fsp3) is 0.190. The maximum Gasteiger partial charge on any atom is 0.248 e. The van der Waals surface area contributed by atoms with E-state index in [2.05, 4.69) is 46.0 Å². The molecule has 2 aromatic heterocycles. The van der Waals surface area contributed by atoms with E-state index in [4.69, 9.17) is 0 Å². The summed E-state index contributed by atoms with van der Waals surface area (Å²) in [4.78, 5) is 37.6. The minimum Gasteiger partial charge on any atom is -0.306 e. The molecule has 0 fully saturated rings. The van der Waals surface area contributed by atoms with Crippen LogP contribution < -0.4 is 10.6 Å². The second kappa shape index (κ2) is 9.20. The maximum absolute atomic E-state index is 12.4. The summed E-state index contributed by atoms with van der Waals surface area (Å²) < 4.78 is 0. The van der Waals surface area contributed by atoms with Crippen molar-refractivity contribution in [1.29, 1.82) is 0 Å². The summed E-state index contributed by atoms with van der Waals surface area (Å²) in [5.41, 5.74) is 2.33. The predicted molar refractivity (Wildman–Crippen MR) is 115 cm³/mol. The smallest absolute Gasteiger partial charge is 0.248 e. The first-order chi connectivity index (χ1) is 13.9. The summed E-state index contributed by atoms with van der Waals surface area (Å²) in [5.74, 6) is 0.256. The SMILES string of the molecule is C=CC(=O)Nc1cnc(-c2cccc(CC(=O)Nc3ncc(C(C)C)s3)c2)cn1. The number of rotatable bonds is 7. The second-order valence-corrected chi connectivity index (χ2v) is 7.69. The van der Waals surface area contributed by atoms with Crippen molar-refractivity contribution in [3.63, 3.8) is 0 Å². The lowest BCUT2D eigenvalue weighted by Crippen LogP contribution is -2.14. The molecule has 148 valence electrons. The number of carbonyl (C=O) groups is 2. The average molecular weight is 407 g/mol. The number of anilines is 2. The van der Waals surface area contributed by atoms with Crippen LogP contribution in [-0.2, 0) is 16.0 Å². The monoisotopic (exact) mass is 407 g/mol. The van der Waals surface area contributed by atoms with E-state index in [1.807, 2.05) is 24.3 Å². The number of carbonyl (C=O) groups excluding carboxylic acids is 2. The van der Waals surface area contributed by atoms with Crippen LogP contribution in [-0.4, -0.2) is 26.8 Å². The molecule has 2 N–H and O–H groups in total. The summed E-state index contributed by atoms with van der Waals surface area (Å²) in [6.07, 6.45) is 6.24. The lowest BCUT2D eigenvalue weighted by atomic mass is 10.1. The molecule has 0 radical (unpaired) electrons. The Kier molecular flexibility index (Phi) is 6.46. The van der Waals surface area contributed by atoms with Crippen LogP contribution in [0.2, 0.25) is 0 Å². The Labute approximate surface area is 172 Å². The topological polar surface area (TPSA) is 96.9 Å². The van der Waals surface area contributed by atoms with E-state index in [1.54, 1.807) is 12.4 Å².